The first-order chi connectivity index (χ1) is 11.6. The number of aryl methyl sites for hydroxylation is 1. The molecule has 0 spiro atoms. The maximum atomic E-state index is 12.1. The highest BCUT2D eigenvalue weighted by Gasteiger charge is 2.22. The molecule has 8 nitrogen and oxygen atoms in total. The third-order valence-corrected chi connectivity index (χ3v) is 3.78. The number of nitrogens with zero attached hydrogens (tertiary/aromatic N) is 4. The van der Waals surface area contributed by atoms with Crippen molar-refractivity contribution in [3.63, 3.8) is 0 Å². The van der Waals surface area contributed by atoms with Gasteiger partial charge >= 0.3 is 6.09 Å². The van der Waals surface area contributed by atoms with E-state index in [-0.39, 0.29) is 12.1 Å². The number of aliphatic imine (C=N–C) groups is 1. The Morgan fingerprint density at radius 2 is 2.12 bits per heavy atom. The number of rotatable bonds is 6. The van der Waals surface area contributed by atoms with Gasteiger partial charge in [0.2, 0.25) is 0 Å². The Kier molecular flexibility index (Phi) is 7.73. The van der Waals surface area contributed by atoms with E-state index in [0.717, 1.165) is 12.1 Å². The zero-order valence-corrected chi connectivity index (χ0v) is 16.5. The molecule has 2 N–H and O–H groups in total. The molecule has 8 heteroatoms. The summed E-state index contributed by atoms with van der Waals surface area (Å²) < 4.78 is 7.20. The quantitative estimate of drug-likeness (QED) is 0.602. The van der Waals surface area contributed by atoms with E-state index in [2.05, 4.69) is 20.7 Å². The second kappa shape index (κ2) is 9.29. The number of amides is 1. The van der Waals surface area contributed by atoms with E-state index >= 15 is 0 Å². The summed E-state index contributed by atoms with van der Waals surface area (Å²) in [6, 6.07) is 2.01. The zero-order valence-electron chi connectivity index (χ0n) is 16.5. The molecule has 1 unspecified atom stereocenters. The van der Waals surface area contributed by atoms with Gasteiger partial charge in [0, 0.05) is 39.9 Å². The van der Waals surface area contributed by atoms with Crippen LogP contribution >= 0.6 is 0 Å². The van der Waals surface area contributed by atoms with Crippen LogP contribution in [0, 0.1) is 0 Å². The molecule has 1 aromatic heterocycles. The van der Waals surface area contributed by atoms with Crippen LogP contribution in [0.1, 0.15) is 39.8 Å². The van der Waals surface area contributed by atoms with Crippen molar-refractivity contribution in [1.82, 2.24) is 25.3 Å². The van der Waals surface area contributed by atoms with Crippen molar-refractivity contribution >= 4 is 12.1 Å². The SMILES string of the molecule is CN=C(NCCC(C)N(C)C(=O)OC(C)(C)C)NCc1ccnn1C. The second-order valence-corrected chi connectivity index (χ2v) is 7.03. The number of hydrogen-bond acceptors (Lipinski definition) is 4. The topological polar surface area (TPSA) is 83.8 Å². The first-order valence-electron chi connectivity index (χ1n) is 8.51. The molecule has 0 aliphatic carbocycles. The van der Waals surface area contributed by atoms with Crippen LogP contribution in [-0.2, 0) is 18.3 Å². The monoisotopic (exact) mass is 352 g/mol. The highest BCUT2D eigenvalue weighted by atomic mass is 16.6. The Morgan fingerprint density at radius 3 is 2.64 bits per heavy atom. The van der Waals surface area contributed by atoms with E-state index in [1.165, 1.54) is 0 Å². The van der Waals surface area contributed by atoms with Crippen LogP contribution in [0.2, 0.25) is 0 Å². The Labute approximate surface area is 150 Å². The van der Waals surface area contributed by atoms with Gasteiger partial charge in [0.25, 0.3) is 0 Å². The van der Waals surface area contributed by atoms with Crippen molar-refractivity contribution in [2.45, 2.75) is 52.3 Å². The van der Waals surface area contributed by atoms with E-state index in [1.807, 2.05) is 45.5 Å². The molecule has 1 aromatic rings. The van der Waals surface area contributed by atoms with Crippen molar-refractivity contribution in [2.24, 2.45) is 12.0 Å². The summed E-state index contributed by atoms with van der Waals surface area (Å²) >= 11 is 0. The lowest BCUT2D eigenvalue weighted by molar-refractivity contribution is 0.0230. The molecule has 0 radical (unpaired) electrons. The van der Waals surface area contributed by atoms with E-state index < -0.39 is 5.60 Å². The van der Waals surface area contributed by atoms with Gasteiger partial charge in [-0.05, 0) is 40.2 Å². The molecule has 0 saturated carbocycles. The lowest BCUT2D eigenvalue weighted by Crippen LogP contribution is -2.42. The predicted octanol–water partition coefficient (Wildman–Crippen LogP) is 1.73. The lowest BCUT2D eigenvalue weighted by Gasteiger charge is -2.28. The molecule has 0 fully saturated rings. The number of nitrogens with one attached hydrogen (secondary N) is 2. The molecule has 25 heavy (non-hydrogen) atoms. The first-order valence-corrected chi connectivity index (χ1v) is 8.51. The Balaban J connectivity index is 2.36. The van der Waals surface area contributed by atoms with E-state index in [0.29, 0.717) is 19.0 Å². The van der Waals surface area contributed by atoms with Crippen molar-refractivity contribution in [3.05, 3.63) is 18.0 Å². The zero-order chi connectivity index (χ0) is 19.0. The molecule has 142 valence electrons. The van der Waals surface area contributed by atoms with E-state index in [1.54, 1.807) is 25.2 Å². The summed E-state index contributed by atoms with van der Waals surface area (Å²) in [6.07, 6.45) is 2.24. The molecule has 1 atom stereocenters. The van der Waals surface area contributed by atoms with Gasteiger partial charge in [-0.1, -0.05) is 0 Å². The number of hydrogen-bond donors (Lipinski definition) is 2. The lowest BCUT2D eigenvalue weighted by atomic mass is 10.2. The fraction of sp³-hybridized carbons (Fsp3) is 0.706. The molecule has 1 heterocycles. The normalized spacial score (nSPS) is 13.3. The van der Waals surface area contributed by atoms with Crippen LogP contribution in [0.4, 0.5) is 4.79 Å². The predicted molar refractivity (Wildman–Crippen MR) is 99.5 cm³/mol. The van der Waals surface area contributed by atoms with Crippen LogP contribution in [0.5, 0.6) is 0 Å². The minimum atomic E-state index is -0.485. The van der Waals surface area contributed by atoms with Gasteiger partial charge in [0.05, 0.1) is 12.2 Å². The molecular weight excluding hydrogens is 320 g/mol. The highest BCUT2D eigenvalue weighted by Crippen LogP contribution is 2.11. The summed E-state index contributed by atoms with van der Waals surface area (Å²) in [5.41, 5.74) is 0.585. The average molecular weight is 352 g/mol. The summed E-state index contributed by atoms with van der Waals surface area (Å²) in [7, 11) is 5.39. The number of ether oxygens (including phenoxy) is 1. The Morgan fingerprint density at radius 1 is 1.44 bits per heavy atom. The van der Waals surface area contributed by atoms with Gasteiger partial charge < -0.3 is 20.3 Å². The third kappa shape index (κ3) is 7.45. The number of carbonyl (C=O) groups is 1. The number of carbonyl (C=O) groups excluding carboxylic acids is 1. The Hall–Kier alpha value is -2.25. The smallest absolute Gasteiger partial charge is 0.410 e. The largest absolute Gasteiger partial charge is 0.444 e. The third-order valence-electron chi connectivity index (χ3n) is 3.78. The van der Waals surface area contributed by atoms with Gasteiger partial charge in [0.15, 0.2) is 5.96 Å². The van der Waals surface area contributed by atoms with Gasteiger partial charge in [-0.2, -0.15) is 5.10 Å². The second-order valence-electron chi connectivity index (χ2n) is 7.03. The molecule has 0 aromatic carbocycles. The van der Waals surface area contributed by atoms with Crippen LogP contribution in [0.25, 0.3) is 0 Å². The minimum Gasteiger partial charge on any atom is -0.444 e. The van der Waals surface area contributed by atoms with Crippen LogP contribution in [0.3, 0.4) is 0 Å². The number of aromatic nitrogens is 2. The fourth-order valence-electron chi connectivity index (χ4n) is 2.08. The molecular formula is C17H32N6O2. The van der Waals surface area contributed by atoms with Gasteiger partial charge in [-0.15, -0.1) is 0 Å². The van der Waals surface area contributed by atoms with Crippen molar-refractivity contribution in [3.8, 4) is 0 Å². The summed E-state index contributed by atoms with van der Waals surface area (Å²) in [6.45, 7) is 8.93. The van der Waals surface area contributed by atoms with Crippen LogP contribution in [0.15, 0.2) is 17.3 Å². The van der Waals surface area contributed by atoms with Gasteiger partial charge in [-0.25, -0.2) is 4.79 Å². The van der Waals surface area contributed by atoms with E-state index in [9.17, 15) is 4.79 Å². The van der Waals surface area contributed by atoms with Crippen molar-refractivity contribution < 1.29 is 9.53 Å². The molecule has 0 aliphatic rings. The van der Waals surface area contributed by atoms with Crippen LogP contribution < -0.4 is 10.6 Å². The standard InChI is InChI=1S/C17H32N6O2/c1-13(22(6)16(24)25-17(2,3)4)8-10-19-15(18-5)20-12-14-9-11-21-23(14)7/h9,11,13H,8,10,12H2,1-7H3,(H2,18,19,20). The van der Waals surface area contributed by atoms with Gasteiger partial charge in [-0.3, -0.25) is 9.67 Å². The molecule has 0 bridgehead atoms. The van der Waals surface area contributed by atoms with Crippen molar-refractivity contribution in [1.29, 1.82) is 0 Å². The maximum Gasteiger partial charge on any atom is 0.410 e. The average Bonchev–Trinajstić information content (AvgIpc) is 2.93. The highest BCUT2D eigenvalue weighted by molar-refractivity contribution is 5.79. The van der Waals surface area contributed by atoms with Gasteiger partial charge in [0.1, 0.15) is 5.60 Å². The summed E-state index contributed by atoms with van der Waals surface area (Å²) in [5, 5.41) is 10.6. The molecule has 0 saturated heterocycles. The van der Waals surface area contributed by atoms with Crippen molar-refractivity contribution in [2.75, 3.05) is 20.6 Å². The minimum absolute atomic E-state index is 0.0533. The number of guanidine groups is 1. The first kappa shape index (κ1) is 20.8. The Bertz CT molecular complexity index is 576. The summed E-state index contributed by atoms with van der Waals surface area (Å²) in [4.78, 5) is 17.9. The molecule has 0 aliphatic heterocycles. The van der Waals surface area contributed by atoms with E-state index in [4.69, 9.17) is 4.74 Å². The molecule has 1 rings (SSSR count). The fourth-order valence-corrected chi connectivity index (χ4v) is 2.08. The molecule has 1 amide bonds. The summed E-state index contributed by atoms with van der Waals surface area (Å²) in [5.74, 6) is 0.716. The van der Waals surface area contributed by atoms with Crippen LogP contribution in [-0.4, -0.2) is 59.0 Å². The maximum absolute atomic E-state index is 12.1.